The Hall–Kier alpha value is -0.910. The lowest BCUT2D eigenvalue weighted by atomic mass is 10.1. The summed E-state index contributed by atoms with van der Waals surface area (Å²) in [5.74, 6) is 0.0776. The minimum Gasteiger partial charge on any atom is -0.364 e. The third kappa shape index (κ3) is 3.78. The third-order valence-corrected chi connectivity index (χ3v) is 4.50. The molecule has 1 N–H and O–H groups in total. The summed E-state index contributed by atoms with van der Waals surface area (Å²) in [6.07, 6.45) is 1.68. The first kappa shape index (κ1) is 14.5. The average molecular weight is 282 g/mol. The lowest BCUT2D eigenvalue weighted by Gasteiger charge is -2.19. The second-order valence-electron chi connectivity index (χ2n) is 5.20. The normalized spacial score (nSPS) is 24.4. The SMILES string of the molecule is C[C@H](NC[C@@H]1CC[C@@H](C(=O)N(C)C)O1)c1cccs1. The molecule has 3 atom stereocenters. The van der Waals surface area contributed by atoms with Crippen molar-refractivity contribution in [2.24, 2.45) is 0 Å². The highest BCUT2D eigenvalue weighted by atomic mass is 32.1. The summed E-state index contributed by atoms with van der Waals surface area (Å²) < 4.78 is 5.80. The number of hydrogen-bond acceptors (Lipinski definition) is 4. The summed E-state index contributed by atoms with van der Waals surface area (Å²) in [6.45, 7) is 2.96. The van der Waals surface area contributed by atoms with Gasteiger partial charge in [0.15, 0.2) is 0 Å². The van der Waals surface area contributed by atoms with Gasteiger partial charge in [-0.05, 0) is 31.2 Å². The van der Waals surface area contributed by atoms with Crippen molar-refractivity contribution in [2.75, 3.05) is 20.6 Å². The second kappa shape index (κ2) is 6.50. The van der Waals surface area contributed by atoms with Crippen LogP contribution in [0, 0.1) is 0 Å². The molecule has 1 aromatic rings. The summed E-state index contributed by atoms with van der Waals surface area (Å²) in [6, 6.07) is 4.54. The predicted molar refractivity (Wildman–Crippen MR) is 77.3 cm³/mol. The van der Waals surface area contributed by atoms with Gasteiger partial charge in [-0.15, -0.1) is 11.3 Å². The van der Waals surface area contributed by atoms with Crippen LogP contribution in [0.5, 0.6) is 0 Å². The van der Waals surface area contributed by atoms with Crippen molar-refractivity contribution in [2.45, 2.75) is 38.0 Å². The van der Waals surface area contributed by atoms with Crippen LogP contribution in [0.3, 0.4) is 0 Å². The summed E-state index contributed by atoms with van der Waals surface area (Å²) >= 11 is 1.76. The van der Waals surface area contributed by atoms with Crippen molar-refractivity contribution in [3.05, 3.63) is 22.4 Å². The Kier molecular flexibility index (Phi) is 4.96. The molecule has 4 nitrogen and oxygen atoms in total. The Balaban J connectivity index is 1.75. The Bertz CT molecular complexity index is 406. The molecular weight excluding hydrogens is 260 g/mol. The Morgan fingerprint density at radius 1 is 1.58 bits per heavy atom. The molecule has 1 aromatic heterocycles. The van der Waals surface area contributed by atoms with E-state index in [1.54, 1.807) is 30.3 Å². The number of amides is 1. The van der Waals surface area contributed by atoms with Crippen LogP contribution in [-0.2, 0) is 9.53 Å². The van der Waals surface area contributed by atoms with Crippen LogP contribution in [0.1, 0.15) is 30.7 Å². The van der Waals surface area contributed by atoms with Crippen molar-refractivity contribution in [1.29, 1.82) is 0 Å². The van der Waals surface area contributed by atoms with Gasteiger partial charge in [0.05, 0.1) is 6.10 Å². The van der Waals surface area contributed by atoms with Crippen LogP contribution in [0.15, 0.2) is 17.5 Å². The minimum atomic E-state index is -0.251. The Labute approximate surface area is 118 Å². The molecule has 1 amide bonds. The zero-order chi connectivity index (χ0) is 13.8. The van der Waals surface area contributed by atoms with E-state index in [1.165, 1.54) is 4.88 Å². The van der Waals surface area contributed by atoms with E-state index in [4.69, 9.17) is 4.74 Å². The topological polar surface area (TPSA) is 41.6 Å². The van der Waals surface area contributed by atoms with Crippen LogP contribution < -0.4 is 5.32 Å². The van der Waals surface area contributed by atoms with Crippen LogP contribution in [0.4, 0.5) is 0 Å². The van der Waals surface area contributed by atoms with E-state index in [0.717, 1.165) is 19.4 Å². The number of carbonyl (C=O) groups is 1. The highest BCUT2D eigenvalue weighted by Gasteiger charge is 2.31. The highest BCUT2D eigenvalue weighted by molar-refractivity contribution is 7.10. The minimum absolute atomic E-state index is 0.0776. The maximum Gasteiger partial charge on any atom is 0.251 e. The smallest absolute Gasteiger partial charge is 0.251 e. The first-order chi connectivity index (χ1) is 9.08. The van der Waals surface area contributed by atoms with Gasteiger partial charge >= 0.3 is 0 Å². The third-order valence-electron chi connectivity index (χ3n) is 3.45. The molecule has 1 fully saturated rings. The molecule has 2 rings (SSSR count). The Morgan fingerprint density at radius 3 is 3.00 bits per heavy atom. The van der Waals surface area contributed by atoms with Gasteiger partial charge in [0.25, 0.3) is 5.91 Å². The van der Waals surface area contributed by atoms with Crippen molar-refractivity contribution in [3.8, 4) is 0 Å². The van der Waals surface area contributed by atoms with Gasteiger partial charge in [0.2, 0.25) is 0 Å². The van der Waals surface area contributed by atoms with Gasteiger partial charge in [-0.25, -0.2) is 0 Å². The van der Waals surface area contributed by atoms with E-state index >= 15 is 0 Å². The molecule has 19 heavy (non-hydrogen) atoms. The van der Waals surface area contributed by atoms with Crippen LogP contribution in [0.2, 0.25) is 0 Å². The van der Waals surface area contributed by atoms with Gasteiger partial charge in [-0.1, -0.05) is 6.07 Å². The molecule has 106 valence electrons. The summed E-state index contributed by atoms with van der Waals surface area (Å²) in [7, 11) is 3.55. The van der Waals surface area contributed by atoms with E-state index in [-0.39, 0.29) is 18.1 Å². The monoisotopic (exact) mass is 282 g/mol. The molecule has 0 aromatic carbocycles. The predicted octanol–water partition coefficient (Wildman–Crippen LogP) is 2.03. The van der Waals surface area contributed by atoms with Crippen molar-refractivity contribution in [1.82, 2.24) is 10.2 Å². The molecule has 1 aliphatic heterocycles. The maximum atomic E-state index is 11.8. The van der Waals surface area contributed by atoms with E-state index < -0.39 is 0 Å². The summed E-state index contributed by atoms with van der Waals surface area (Å²) in [5.41, 5.74) is 0. The van der Waals surface area contributed by atoms with Crippen LogP contribution in [-0.4, -0.2) is 43.7 Å². The van der Waals surface area contributed by atoms with Crippen LogP contribution in [0.25, 0.3) is 0 Å². The first-order valence-corrected chi connectivity index (χ1v) is 7.59. The molecule has 0 aliphatic carbocycles. The quantitative estimate of drug-likeness (QED) is 0.898. The van der Waals surface area contributed by atoms with Gasteiger partial charge in [-0.2, -0.15) is 0 Å². The molecular formula is C14H22N2O2S. The molecule has 0 spiro atoms. The fourth-order valence-electron chi connectivity index (χ4n) is 2.27. The fourth-order valence-corrected chi connectivity index (χ4v) is 3.03. The largest absolute Gasteiger partial charge is 0.364 e. The molecule has 1 aliphatic rings. The number of thiophene rings is 1. The summed E-state index contributed by atoms with van der Waals surface area (Å²) in [4.78, 5) is 14.7. The van der Waals surface area contributed by atoms with Crippen molar-refractivity contribution < 1.29 is 9.53 Å². The van der Waals surface area contributed by atoms with E-state index in [0.29, 0.717) is 6.04 Å². The summed E-state index contributed by atoms with van der Waals surface area (Å²) in [5, 5.41) is 5.56. The number of carbonyl (C=O) groups excluding carboxylic acids is 1. The number of hydrogen-bond donors (Lipinski definition) is 1. The van der Waals surface area contributed by atoms with Crippen molar-refractivity contribution >= 4 is 17.2 Å². The van der Waals surface area contributed by atoms with Crippen molar-refractivity contribution in [3.63, 3.8) is 0 Å². The molecule has 0 unspecified atom stereocenters. The molecule has 0 radical (unpaired) electrons. The van der Waals surface area contributed by atoms with Crippen LogP contribution >= 0.6 is 11.3 Å². The van der Waals surface area contributed by atoms with Gasteiger partial charge in [-0.3, -0.25) is 4.79 Å². The highest BCUT2D eigenvalue weighted by Crippen LogP contribution is 2.22. The van der Waals surface area contributed by atoms with Gasteiger partial charge in [0, 0.05) is 31.6 Å². The molecule has 0 bridgehead atoms. The lowest BCUT2D eigenvalue weighted by Crippen LogP contribution is -2.35. The lowest BCUT2D eigenvalue weighted by molar-refractivity contribution is -0.140. The van der Waals surface area contributed by atoms with Gasteiger partial charge < -0.3 is 15.0 Å². The zero-order valence-corrected chi connectivity index (χ0v) is 12.6. The van der Waals surface area contributed by atoms with E-state index in [9.17, 15) is 4.79 Å². The number of nitrogens with zero attached hydrogens (tertiary/aromatic N) is 1. The number of ether oxygens (including phenoxy) is 1. The average Bonchev–Trinajstić information content (AvgIpc) is 3.06. The zero-order valence-electron chi connectivity index (χ0n) is 11.8. The molecule has 0 saturated carbocycles. The van der Waals surface area contributed by atoms with Gasteiger partial charge in [0.1, 0.15) is 6.10 Å². The molecule has 5 heteroatoms. The fraction of sp³-hybridized carbons (Fsp3) is 0.643. The standard InChI is InChI=1S/C14H22N2O2S/c1-10(13-5-4-8-19-13)15-9-11-6-7-12(18-11)14(17)16(2)3/h4-5,8,10-12,15H,6-7,9H2,1-3H3/t10-,11-,12-/m0/s1. The van der Waals surface area contributed by atoms with E-state index in [2.05, 4.69) is 29.8 Å². The first-order valence-electron chi connectivity index (χ1n) is 6.71. The number of nitrogens with one attached hydrogen (secondary N) is 1. The maximum absolute atomic E-state index is 11.8. The number of likely N-dealkylation sites (N-methyl/N-ethyl adjacent to an activating group) is 1. The van der Waals surface area contributed by atoms with E-state index in [1.807, 2.05) is 0 Å². The molecule has 1 saturated heterocycles. The second-order valence-corrected chi connectivity index (χ2v) is 6.18. The number of rotatable bonds is 5. The Morgan fingerprint density at radius 2 is 2.37 bits per heavy atom. The molecule has 2 heterocycles.